The first kappa shape index (κ1) is 30.0. The van der Waals surface area contributed by atoms with Gasteiger partial charge in [-0.05, 0) is 42.7 Å². The molecule has 39 heavy (non-hydrogen) atoms. The second-order valence-electron chi connectivity index (χ2n) is 10.3. The minimum Gasteiger partial charge on any atom is -0.343 e. The molecular formula is C28H36F3N6O2+. The monoisotopic (exact) mass is 545 g/mol. The summed E-state index contributed by atoms with van der Waals surface area (Å²) in [5, 5.41) is 6.27. The second kappa shape index (κ2) is 13.0. The molecular weight excluding hydrogens is 509 g/mol. The fraction of sp³-hybridized carbons (Fsp3) is 0.393. The SMILES string of the molecule is C[N+](C)(CCN)CCC[C@H](N)C(=O)N[C@H](Cc1ccc(C(F)(F)F)cc1)C(=O)Nc1cnc2ccccc2c1. The molecule has 0 fully saturated rings. The lowest BCUT2D eigenvalue weighted by molar-refractivity contribution is -0.889. The van der Waals surface area contributed by atoms with Crippen molar-refractivity contribution in [3.05, 3.63) is 71.9 Å². The minimum absolute atomic E-state index is 0.0239. The van der Waals surface area contributed by atoms with E-state index in [1.54, 1.807) is 6.07 Å². The van der Waals surface area contributed by atoms with Crippen LogP contribution in [0.3, 0.4) is 0 Å². The first-order valence-electron chi connectivity index (χ1n) is 12.8. The van der Waals surface area contributed by atoms with E-state index in [0.29, 0.717) is 35.1 Å². The standard InChI is InChI=1S/C28H35F3N6O2/c1-37(2,15-13-32)14-5-7-23(33)26(38)36-25(16-19-9-11-21(12-10-19)28(29,30)31)27(39)35-22-17-20-6-3-4-8-24(20)34-18-22/h3-4,6,8-12,17-18,23,25H,5,7,13-16,32-33H2,1-2H3,(H-,35,36,38,39)/p+1/t23-,25+/m0/s1. The fourth-order valence-electron chi connectivity index (χ4n) is 4.25. The molecule has 0 aliphatic rings. The quantitative estimate of drug-likeness (QED) is 0.261. The summed E-state index contributed by atoms with van der Waals surface area (Å²) >= 11 is 0. The predicted molar refractivity (Wildman–Crippen MR) is 146 cm³/mol. The van der Waals surface area contributed by atoms with Crippen molar-refractivity contribution >= 4 is 28.4 Å². The van der Waals surface area contributed by atoms with E-state index in [-0.39, 0.29) is 6.42 Å². The molecule has 0 saturated carbocycles. The molecule has 3 rings (SSSR count). The number of carbonyl (C=O) groups excluding carboxylic acids is 2. The Morgan fingerprint density at radius 2 is 1.72 bits per heavy atom. The van der Waals surface area contributed by atoms with Gasteiger partial charge >= 0.3 is 6.18 Å². The molecule has 0 radical (unpaired) electrons. The minimum atomic E-state index is -4.48. The first-order chi connectivity index (χ1) is 18.4. The number of carbonyl (C=O) groups is 2. The summed E-state index contributed by atoms with van der Waals surface area (Å²) in [5.74, 6) is -1.05. The van der Waals surface area contributed by atoms with Crippen molar-refractivity contribution in [3.63, 3.8) is 0 Å². The Morgan fingerprint density at radius 3 is 2.38 bits per heavy atom. The van der Waals surface area contributed by atoms with Crippen molar-refractivity contribution in [1.29, 1.82) is 0 Å². The molecule has 2 aromatic carbocycles. The van der Waals surface area contributed by atoms with Crippen LogP contribution < -0.4 is 22.1 Å². The predicted octanol–water partition coefficient (Wildman–Crippen LogP) is 3.06. The number of anilines is 1. The number of nitrogens with zero attached hydrogens (tertiary/aromatic N) is 2. The van der Waals surface area contributed by atoms with Crippen LogP contribution in [0.1, 0.15) is 24.0 Å². The van der Waals surface area contributed by atoms with Gasteiger partial charge in [-0.1, -0.05) is 30.3 Å². The molecule has 2 amide bonds. The summed E-state index contributed by atoms with van der Waals surface area (Å²) in [6, 6.07) is 11.7. The largest absolute Gasteiger partial charge is 0.416 e. The zero-order valence-electron chi connectivity index (χ0n) is 22.2. The topological polar surface area (TPSA) is 123 Å². The second-order valence-corrected chi connectivity index (χ2v) is 10.3. The molecule has 0 bridgehead atoms. The smallest absolute Gasteiger partial charge is 0.343 e. The number of aromatic nitrogens is 1. The lowest BCUT2D eigenvalue weighted by Gasteiger charge is -2.29. The van der Waals surface area contributed by atoms with Gasteiger partial charge in [0.25, 0.3) is 0 Å². The van der Waals surface area contributed by atoms with E-state index in [1.807, 2.05) is 38.4 Å². The van der Waals surface area contributed by atoms with Crippen molar-refractivity contribution in [3.8, 4) is 0 Å². The molecule has 1 heterocycles. The zero-order valence-corrected chi connectivity index (χ0v) is 22.2. The van der Waals surface area contributed by atoms with E-state index in [9.17, 15) is 22.8 Å². The van der Waals surface area contributed by atoms with Crippen LogP contribution in [0.4, 0.5) is 18.9 Å². The number of likely N-dealkylation sites (N-methyl/N-ethyl adjacent to an activating group) is 1. The number of para-hydroxylation sites is 1. The number of fused-ring (bicyclic) bond motifs is 1. The molecule has 11 heteroatoms. The molecule has 2 atom stereocenters. The number of nitrogens with two attached hydrogens (primary N) is 2. The molecule has 0 aliphatic carbocycles. The number of pyridine rings is 1. The summed E-state index contributed by atoms with van der Waals surface area (Å²) in [6.45, 7) is 2.12. The van der Waals surface area contributed by atoms with Gasteiger partial charge in [0.15, 0.2) is 0 Å². The van der Waals surface area contributed by atoms with Crippen LogP contribution in [0, 0.1) is 0 Å². The Morgan fingerprint density at radius 1 is 1.03 bits per heavy atom. The van der Waals surface area contributed by atoms with Gasteiger partial charge in [0, 0.05) is 18.4 Å². The van der Waals surface area contributed by atoms with Crippen molar-refractivity contribution in [1.82, 2.24) is 10.3 Å². The molecule has 3 aromatic rings. The van der Waals surface area contributed by atoms with E-state index in [4.69, 9.17) is 11.5 Å². The maximum atomic E-state index is 13.3. The van der Waals surface area contributed by atoms with Crippen LogP contribution in [0.25, 0.3) is 10.9 Å². The molecule has 0 saturated heterocycles. The van der Waals surface area contributed by atoms with Gasteiger partial charge in [0.1, 0.15) is 6.04 Å². The van der Waals surface area contributed by atoms with E-state index >= 15 is 0 Å². The van der Waals surface area contributed by atoms with E-state index in [2.05, 4.69) is 15.6 Å². The average molecular weight is 546 g/mol. The van der Waals surface area contributed by atoms with Gasteiger partial charge in [-0.2, -0.15) is 13.2 Å². The lowest BCUT2D eigenvalue weighted by Crippen LogP contribution is -2.51. The van der Waals surface area contributed by atoms with Gasteiger partial charge in [0.2, 0.25) is 11.8 Å². The Hall–Kier alpha value is -3.54. The van der Waals surface area contributed by atoms with E-state index in [0.717, 1.165) is 36.1 Å². The number of quaternary nitrogens is 1. The van der Waals surface area contributed by atoms with Gasteiger partial charge in [-0.25, -0.2) is 0 Å². The highest BCUT2D eigenvalue weighted by Crippen LogP contribution is 2.29. The third kappa shape index (κ3) is 9.02. The Bertz CT molecular complexity index is 1260. The summed E-state index contributed by atoms with van der Waals surface area (Å²) < 4.78 is 39.7. The third-order valence-corrected chi connectivity index (χ3v) is 6.56. The van der Waals surface area contributed by atoms with Gasteiger partial charge < -0.3 is 26.6 Å². The van der Waals surface area contributed by atoms with Crippen LogP contribution in [0.5, 0.6) is 0 Å². The molecule has 0 spiro atoms. The van der Waals surface area contributed by atoms with Gasteiger partial charge in [-0.15, -0.1) is 0 Å². The molecule has 0 unspecified atom stereocenters. The number of alkyl halides is 3. The number of halogens is 3. The van der Waals surface area contributed by atoms with Gasteiger partial charge in [0.05, 0.1) is 56.2 Å². The molecule has 210 valence electrons. The number of benzene rings is 2. The van der Waals surface area contributed by atoms with Crippen LogP contribution in [-0.2, 0) is 22.2 Å². The molecule has 0 aliphatic heterocycles. The highest BCUT2D eigenvalue weighted by atomic mass is 19.4. The normalized spacial score (nSPS) is 13.6. The Labute approximate surface area is 226 Å². The van der Waals surface area contributed by atoms with Crippen molar-refractivity contribution in [2.24, 2.45) is 11.5 Å². The van der Waals surface area contributed by atoms with Crippen LogP contribution in [-0.4, -0.2) is 67.1 Å². The van der Waals surface area contributed by atoms with E-state index < -0.39 is 35.6 Å². The number of amides is 2. The van der Waals surface area contributed by atoms with Crippen LogP contribution in [0.15, 0.2) is 60.8 Å². The van der Waals surface area contributed by atoms with Crippen LogP contribution >= 0.6 is 0 Å². The summed E-state index contributed by atoms with van der Waals surface area (Å²) in [5.41, 5.74) is 12.6. The lowest BCUT2D eigenvalue weighted by atomic mass is 10.0. The average Bonchev–Trinajstić information content (AvgIpc) is 2.87. The van der Waals surface area contributed by atoms with Crippen LogP contribution in [0.2, 0.25) is 0 Å². The van der Waals surface area contributed by atoms with Gasteiger partial charge in [-0.3, -0.25) is 14.6 Å². The summed E-state index contributed by atoms with van der Waals surface area (Å²) in [7, 11) is 4.09. The zero-order chi connectivity index (χ0) is 28.6. The summed E-state index contributed by atoms with van der Waals surface area (Å²) in [4.78, 5) is 30.5. The highest BCUT2D eigenvalue weighted by molar-refractivity contribution is 5.99. The fourth-order valence-corrected chi connectivity index (χ4v) is 4.25. The Balaban J connectivity index is 1.73. The third-order valence-electron chi connectivity index (χ3n) is 6.56. The maximum Gasteiger partial charge on any atom is 0.416 e. The number of nitrogens with one attached hydrogen (secondary N) is 2. The molecule has 8 nitrogen and oxygen atoms in total. The number of rotatable bonds is 12. The maximum absolute atomic E-state index is 13.3. The van der Waals surface area contributed by atoms with E-state index in [1.165, 1.54) is 18.3 Å². The van der Waals surface area contributed by atoms with Crippen molar-refractivity contribution in [2.75, 3.05) is 39.0 Å². The van der Waals surface area contributed by atoms with Crippen molar-refractivity contribution in [2.45, 2.75) is 37.5 Å². The Kier molecular flexibility index (Phi) is 10.0. The molecule has 6 N–H and O–H groups in total. The highest BCUT2D eigenvalue weighted by Gasteiger charge is 2.30. The van der Waals surface area contributed by atoms with Crippen molar-refractivity contribution < 1.29 is 27.2 Å². The number of hydrogen-bond acceptors (Lipinski definition) is 5. The number of hydrogen-bond donors (Lipinski definition) is 4. The molecule has 1 aromatic heterocycles. The summed E-state index contributed by atoms with van der Waals surface area (Å²) in [6.07, 6.45) is -1.91. The first-order valence-corrected chi connectivity index (χ1v) is 12.8.